The molecule has 0 aromatic heterocycles. The Morgan fingerprint density at radius 1 is 0.477 bits per heavy atom. The van der Waals surface area contributed by atoms with E-state index >= 15 is 0 Å². The molecule has 7 nitrogen and oxygen atoms in total. The SMILES string of the molecule is CC(=O)c1cc(C(C)=O)cc(C(C)=O)c1.CC(=O)c1ccc2cc(C(C)=O)ccc2c1.COc1ccc(/C=C/C(C)=O)cc1. The number of Topliss-reactive ketones (excluding diaryl/α,β-unsaturated/α-hetero) is 5. The van der Waals surface area contributed by atoms with E-state index in [9.17, 15) is 28.8 Å². The predicted molar refractivity (Wildman–Crippen MR) is 173 cm³/mol. The van der Waals surface area contributed by atoms with Gasteiger partial charge < -0.3 is 4.74 Å². The number of allylic oxidation sites excluding steroid dienone is 1. The van der Waals surface area contributed by atoms with E-state index in [-0.39, 0.29) is 34.7 Å². The molecule has 0 N–H and O–H groups in total. The molecule has 0 bridgehead atoms. The van der Waals surface area contributed by atoms with Gasteiger partial charge in [0.05, 0.1) is 7.11 Å². The molecule has 0 aliphatic heterocycles. The van der Waals surface area contributed by atoms with Crippen molar-refractivity contribution in [3.63, 3.8) is 0 Å². The summed E-state index contributed by atoms with van der Waals surface area (Å²) in [6.45, 7) is 8.84. The molecule has 4 rings (SSSR count). The maximum Gasteiger partial charge on any atom is 0.159 e. The summed E-state index contributed by atoms with van der Waals surface area (Å²) in [5.74, 6) is 0.521. The highest BCUT2D eigenvalue weighted by Crippen LogP contribution is 2.19. The summed E-state index contributed by atoms with van der Waals surface area (Å²) >= 11 is 0. The van der Waals surface area contributed by atoms with Crippen molar-refractivity contribution >= 4 is 51.5 Å². The van der Waals surface area contributed by atoms with E-state index in [0.29, 0.717) is 27.8 Å². The van der Waals surface area contributed by atoms with Gasteiger partial charge in [0.2, 0.25) is 0 Å². The largest absolute Gasteiger partial charge is 0.497 e. The van der Waals surface area contributed by atoms with Crippen molar-refractivity contribution in [1.82, 2.24) is 0 Å². The van der Waals surface area contributed by atoms with Gasteiger partial charge in [-0.1, -0.05) is 42.5 Å². The molecule has 44 heavy (non-hydrogen) atoms. The summed E-state index contributed by atoms with van der Waals surface area (Å²) in [4.78, 5) is 66.6. The molecule has 0 unspecified atom stereocenters. The molecule has 0 saturated carbocycles. The Bertz CT molecular complexity index is 1610. The van der Waals surface area contributed by atoms with E-state index in [4.69, 9.17) is 4.74 Å². The summed E-state index contributed by atoms with van der Waals surface area (Å²) < 4.78 is 5.00. The van der Waals surface area contributed by atoms with Crippen molar-refractivity contribution < 1.29 is 33.5 Å². The van der Waals surface area contributed by atoms with Crippen molar-refractivity contribution in [3.8, 4) is 5.75 Å². The third-order valence-electron chi connectivity index (χ3n) is 6.43. The monoisotopic (exact) mass is 592 g/mol. The highest BCUT2D eigenvalue weighted by molar-refractivity contribution is 6.04. The number of methoxy groups -OCH3 is 1. The normalized spacial score (nSPS) is 10.2. The van der Waals surface area contributed by atoms with Gasteiger partial charge in [-0.15, -0.1) is 0 Å². The van der Waals surface area contributed by atoms with Crippen LogP contribution in [0.5, 0.6) is 5.75 Å². The smallest absolute Gasteiger partial charge is 0.159 e. The molecule has 4 aromatic rings. The first-order chi connectivity index (χ1) is 20.7. The summed E-state index contributed by atoms with van der Waals surface area (Å²) in [5.41, 5.74) is 3.58. The summed E-state index contributed by atoms with van der Waals surface area (Å²) in [7, 11) is 1.63. The molecule has 0 aliphatic rings. The molecule has 0 atom stereocenters. The molecule has 0 spiro atoms. The van der Waals surface area contributed by atoms with Crippen molar-refractivity contribution in [2.75, 3.05) is 7.11 Å². The van der Waals surface area contributed by atoms with Crippen LogP contribution in [0.4, 0.5) is 0 Å². The molecule has 0 fully saturated rings. The number of ketones is 6. The zero-order valence-corrected chi connectivity index (χ0v) is 26.0. The van der Waals surface area contributed by atoms with Gasteiger partial charge in [0, 0.05) is 27.8 Å². The lowest BCUT2D eigenvalue weighted by Crippen LogP contribution is -2.03. The predicted octanol–water partition coefficient (Wildman–Crippen LogP) is 7.84. The minimum atomic E-state index is -0.152. The van der Waals surface area contributed by atoms with Crippen LogP contribution >= 0.6 is 0 Å². The van der Waals surface area contributed by atoms with Crippen LogP contribution in [-0.2, 0) is 4.79 Å². The average Bonchev–Trinajstić information content (AvgIpc) is 2.99. The van der Waals surface area contributed by atoms with Crippen molar-refractivity contribution in [2.45, 2.75) is 41.5 Å². The Morgan fingerprint density at radius 3 is 1.14 bits per heavy atom. The summed E-state index contributed by atoms with van der Waals surface area (Å²) in [5, 5.41) is 1.97. The molecule has 7 heteroatoms. The van der Waals surface area contributed by atoms with Gasteiger partial charge >= 0.3 is 0 Å². The number of carbonyl (C=O) groups is 6. The minimum Gasteiger partial charge on any atom is -0.497 e. The standard InChI is InChI=1S/C14H12O2.C12H12O3.C11H12O2/c1-9(15)11-3-5-14-8-12(10(2)16)4-6-13(14)7-11;1-7(13)10-4-11(8(2)14)6-12(5-10)9(3)15;1-9(12)3-4-10-5-7-11(13-2)8-6-10/h3-8H,1-2H3;4-6H,1-3H3;3-8H,1-2H3/b;;4-3+. The zero-order chi connectivity index (χ0) is 33.0. The van der Waals surface area contributed by atoms with Crippen molar-refractivity contribution in [3.05, 3.63) is 118 Å². The van der Waals surface area contributed by atoms with Crippen molar-refractivity contribution in [2.24, 2.45) is 0 Å². The fourth-order valence-electron chi connectivity index (χ4n) is 3.85. The Kier molecular flexibility index (Phi) is 13.0. The van der Waals surface area contributed by atoms with Crippen LogP contribution in [-0.4, -0.2) is 41.8 Å². The fourth-order valence-corrected chi connectivity index (χ4v) is 3.85. The van der Waals surface area contributed by atoms with Gasteiger partial charge in [0.15, 0.2) is 34.7 Å². The number of ether oxygens (including phenoxy) is 1. The molecule has 0 saturated heterocycles. The lowest BCUT2D eigenvalue weighted by atomic mass is 10.00. The van der Waals surface area contributed by atoms with Gasteiger partial charge in [-0.25, -0.2) is 0 Å². The maximum atomic E-state index is 11.2. The van der Waals surface area contributed by atoms with Gasteiger partial charge in [-0.05, 0) is 106 Å². The van der Waals surface area contributed by atoms with E-state index in [2.05, 4.69) is 0 Å². The average molecular weight is 593 g/mol. The third kappa shape index (κ3) is 10.8. The Labute approximate surface area is 257 Å². The zero-order valence-electron chi connectivity index (χ0n) is 26.0. The second-order valence-electron chi connectivity index (χ2n) is 10.1. The Morgan fingerprint density at radius 2 is 0.841 bits per heavy atom. The van der Waals surface area contributed by atoms with Crippen LogP contribution in [0, 0.1) is 0 Å². The molecular formula is C37H36O7. The number of hydrogen-bond donors (Lipinski definition) is 0. The van der Waals surface area contributed by atoms with Crippen LogP contribution in [0.1, 0.15) is 98.9 Å². The van der Waals surface area contributed by atoms with E-state index in [1.807, 2.05) is 48.5 Å². The van der Waals surface area contributed by atoms with E-state index in [1.54, 1.807) is 45.2 Å². The molecular weight excluding hydrogens is 556 g/mol. The van der Waals surface area contributed by atoms with Crippen LogP contribution in [0.2, 0.25) is 0 Å². The van der Waals surface area contributed by atoms with Crippen LogP contribution in [0.25, 0.3) is 16.8 Å². The van der Waals surface area contributed by atoms with Gasteiger partial charge in [-0.3, -0.25) is 28.8 Å². The highest BCUT2D eigenvalue weighted by Gasteiger charge is 2.10. The van der Waals surface area contributed by atoms with Gasteiger partial charge in [0.1, 0.15) is 5.75 Å². The number of benzene rings is 4. The lowest BCUT2D eigenvalue weighted by Gasteiger charge is -2.03. The minimum absolute atomic E-state index is 0.0517. The first kappa shape index (κ1) is 34.9. The van der Waals surface area contributed by atoms with Gasteiger partial charge in [0.25, 0.3) is 0 Å². The maximum absolute atomic E-state index is 11.2. The first-order valence-corrected chi connectivity index (χ1v) is 13.8. The fraction of sp³-hybridized carbons (Fsp3) is 0.189. The first-order valence-electron chi connectivity index (χ1n) is 13.8. The second-order valence-corrected chi connectivity index (χ2v) is 10.1. The quantitative estimate of drug-likeness (QED) is 0.151. The molecule has 0 aliphatic carbocycles. The Balaban J connectivity index is 0.000000232. The van der Waals surface area contributed by atoms with Crippen LogP contribution in [0.15, 0.2) is 84.9 Å². The topological polar surface area (TPSA) is 112 Å². The van der Waals surface area contributed by atoms with Gasteiger partial charge in [-0.2, -0.15) is 0 Å². The number of rotatable bonds is 8. The summed E-state index contributed by atoms with van der Waals surface area (Å²) in [6.07, 6.45) is 3.32. The molecule has 0 heterocycles. The molecule has 0 radical (unpaired) electrons. The number of carbonyl (C=O) groups excluding carboxylic acids is 6. The lowest BCUT2D eigenvalue weighted by molar-refractivity contribution is -0.112. The molecule has 226 valence electrons. The second kappa shape index (κ2) is 16.4. The van der Waals surface area contributed by atoms with Crippen LogP contribution in [0.3, 0.4) is 0 Å². The van der Waals surface area contributed by atoms with Crippen LogP contribution < -0.4 is 4.74 Å². The highest BCUT2D eigenvalue weighted by atomic mass is 16.5. The van der Waals surface area contributed by atoms with E-state index in [1.165, 1.54) is 45.9 Å². The Hall–Kier alpha value is -5.30. The molecule has 0 amide bonds. The van der Waals surface area contributed by atoms with Crippen molar-refractivity contribution in [1.29, 1.82) is 0 Å². The summed E-state index contributed by atoms with van der Waals surface area (Å²) in [6, 6.07) is 23.1. The third-order valence-corrected chi connectivity index (χ3v) is 6.43. The number of fused-ring (bicyclic) bond motifs is 1. The van der Waals surface area contributed by atoms with E-state index in [0.717, 1.165) is 22.1 Å². The number of hydrogen-bond acceptors (Lipinski definition) is 7. The molecule has 4 aromatic carbocycles. The van der Waals surface area contributed by atoms with E-state index < -0.39 is 0 Å².